The van der Waals surface area contributed by atoms with Gasteiger partial charge in [-0.15, -0.1) is 0 Å². The summed E-state index contributed by atoms with van der Waals surface area (Å²) in [7, 11) is 0. The molecule has 1 aromatic rings. The van der Waals surface area contributed by atoms with Crippen LogP contribution in [0.1, 0.15) is 57.1 Å². The molecule has 0 spiro atoms. The number of hydrogen-bond donors (Lipinski definition) is 1. The molecule has 0 radical (unpaired) electrons. The van der Waals surface area contributed by atoms with Crippen molar-refractivity contribution in [3.8, 4) is 0 Å². The molecule has 1 aromatic carbocycles. The molecule has 1 atom stereocenters. The van der Waals surface area contributed by atoms with Crippen LogP contribution in [0, 0.1) is 23.4 Å². The molecule has 0 bridgehead atoms. The predicted octanol–water partition coefficient (Wildman–Crippen LogP) is 4.72. The third-order valence-electron chi connectivity index (χ3n) is 4.15. The lowest BCUT2D eigenvalue weighted by Gasteiger charge is -2.27. The van der Waals surface area contributed by atoms with Crippen molar-refractivity contribution in [3.63, 3.8) is 0 Å². The van der Waals surface area contributed by atoms with Gasteiger partial charge in [0.05, 0.1) is 0 Å². The van der Waals surface area contributed by atoms with Crippen molar-refractivity contribution < 1.29 is 13.2 Å². The summed E-state index contributed by atoms with van der Waals surface area (Å²) in [4.78, 5) is 0. The monoisotopic (exact) mass is 285 g/mol. The van der Waals surface area contributed by atoms with Gasteiger partial charge in [-0.1, -0.05) is 39.0 Å². The molecule has 1 fully saturated rings. The molecule has 1 N–H and O–H groups in total. The fraction of sp³-hybridized carbons (Fsp3) is 0.625. The van der Waals surface area contributed by atoms with Gasteiger partial charge in [-0.05, 0) is 36.6 Å². The van der Waals surface area contributed by atoms with Crippen LogP contribution in [-0.2, 0) is 0 Å². The Labute approximate surface area is 118 Å². The minimum Gasteiger partial charge on any atom is -0.310 e. The fourth-order valence-electron chi connectivity index (χ4n) is 3.12. The highest BCUT2D eigenvalue weighted by molar-refractivity contribution is 5.23. The SMILES string of the molecule is CCNC(CC1CCCCC1)c1cc(F)c(F)c(F)c1. The first kappa shape index (κ1) is 15.4. The Kier molecular flexibility index (Phi) is 5.46. The van der Waals surface area contributed by atoms with E-state index >= 15 is 0 Å². The quantitative estimate of drug-likeness (QED) is 0.771. The molecule has 112 valence electrons. The Bertz CT molecular complexity index is 418. The minimum atomic E-state index is -1.39. The van der Waals surface area contributed by atoms with Crippen LogP contribution < -0.4 is 5.32 Å². The summed E-state index contributed by atoms with van der Waals surface area (Å²) in [6.45, 7) is 2.68. The molecule has 1 nitrogen and oxygen atoms in total. The average molecular weight is 285 g/mol. The van der Waals surface area contributed by atoms with Crippen LogP contribution in [-0.4, -0.2) is 6.54 Å². The highest BCUT2D eigenvalue weighted by Gasteiger charge is 2.22. The molecule has 0 aromatic heterocycles. The van der Waals surface area contributed by atoms with E-state index in [4.69, 9.17) is 0 Å². The maximum absolute atomic E-state index is 13.4. The molecule has 1 unspecified atom stereocenters. The van der Waals surface area contributed by atoms with Crippen LogP contribution >= 0.6 is 0 Å². The highest BCUT2D eigenvalue weighted by Crippen LogP contribution is 2.32. The highest BCUT2D eigenvalue weighted by atomic mass is 19.2. The van der Waals surface area contributed by atoms with Crippen molar-refractivity contribution in [2.75, 3.05) is 6.54 Å². The molecular formula is C16H22F3N. The fourth-order valence-corrected chi connectivity index (χ4v) is 3.12. The predicted molar refractivity (Wildman–Crippen MR) is 73.9 cm³/mol. The first-order valence-electron chi connectivity index (χ1n) is 7.49. The summed E-state index contributed by atoms with van der Waals surface area (Å²) in [5.74, 6) is -3.01. The maximum Gasteiger partial charge on any atom is 0.194 e. The van der Waals surface area contributed by atoms with E-state index in [1.54, 1.807) is 0 Å². The number of benzene rings is 1. The zero-order valence-corrected chi connectivity index (χ0v) is 11.9. The largest absolute Gasteiger partial charge is 0.310 e. The number of halogens is 3. The van der Waals surface area contributed by atoms with Crippen molar-refractivity contribution in [3.05, 3.63) is 35.1 Å². The van der Waals surface area contributed by atoms with E-state index in [2.05, 4.69) is 5.32 Å². The third kappa shape index (κ3) is 3.75. The lowest BCUT2D eigenvalue weighted by Crippen LogP contribution is -2.24. The standard InChI is InChI=1S/C16H22F3N/c1-2-20-15(8-11-6-4-3-5-7-11)12-9-13(17)16(19)14(18)10-12/h9-11,15,20H,2-8H2,1H3. The van der Waals surface area contributed by atoms with Crippen molar-refractivity contribution in [1.82, 2.24) is 5.32 Å². The van der Waals surface area contributed by atoms with Gasteiger partial charge in [-0.3, -0.25) is 0 Å². The van der Waals surface area contributed by atoms with Crippen LogP contribution in [0.15, 0.2) is 12.1 Å². The van der Waals surface area contributed by atoms with Crippen LogP contribution in [0.25, 0.3) is 0 Å². The van der Waals surface area contributed by atoms with E-state index in [-0.39, 0.29) is 6.04 Å². The van der Waals surface area contributed by atoms with Crippen molar-refractivity contribution in [2.24, 2.45) is 5.92 Å². The molecule has 20 heavy (non-hydrogen) atoms. The minimum absolute atomic E-state index is 0.104. The summed E-state index contributed by atoms with van der Waals surface area (Å²) >= 11 is 0. The third-order valence-corrected chi connectivity index (χ3v) is 4.15. The van der Waals surface area contributed by atoms with Gasteiger partial charge in [0.15, 0.2) is 17.5 Å². The normalized spacial score (nSPS) is 18.2. The van der Waals surface area contributed by atoms with Gasteiger partial charge in [0.25, 0.3) is 0 Å². The molecule has 0 aliphatic heterocycles. The van der Waals surface area contributed by atoms with E-state index in [9.17, 15) is 13.2 Å². The van der Waals surface area contributed by atoms with Crippen LogP contribution in [0.2, 0.25) is 0 Å². The molecular weight excluding hydrogens is 263 g/mol. The van der Waals surface area contributed by atoms with Gasteiger partial charge < -0.3 is 5.32 Å². The summed E-state index contributed by atoms with van der Waals surface area (Å²) < 4.78 is 39.8. The van der Waals surface area contributed by atoms with Crippen LogP contribution in [0.4, 0.5) is 13.2 Å². The smallest absolute Gasteiger partial charge is 0.194 e. The molecule has 1 saturated carbocycles. The number of nitrogens with one attached hydrogen (secondary N) is 1. The molecule has 2 rings (SSSR count). The van der Waals surface area contributed by atoms with Gasteiger partial charge >= 0.3 is 0 Å². The Morgan fingerprint density at radius 2 is 1.70 bits per heavy atom. The summed E-state index contributed by atoms with van der Waals surface area (Å²) in [6, 6.07) is 2.14. The van der Waals surface area contributed by atoms with E-state index in [1.807, 2.05) is 6.92 Å². The number of rotatable bonds is 5. The zero-order chi connectivity index (χ0) is 14.5. The molecule has 0 heterocycles. The van der Waals surface area contributed by atoms with Crippen molar-refractivity contribution >= 4 is 0 Å². The summed E-state index contributed by atoms with van der Waals surface area (Å²) in [5.41, 5.74) is 0.508. The van der Waals surface area contributed by atoms with Gasteiger partial charge in [0.1, 0.15) is 0 Å². The first-order chi connectivity index (χ1) is 9.61. The summed E-state index contributed by atoms with van der Waals surface area (Å²) in [5, 5.41) is 3.26. The van der Waals surface area contributed by atoms with E-state index in [1.165, 1.54) is 32.1 Å². The van der Waals surface area contributed by atoms with E-state index in [0.29, 0.717) is 11.5 Å². The van der Waals surface area contributed by atoms with Gasteiger partial charge in [0.2, 0.25) is 0 Å². The molecule has 1 aliphatic carbocycles. The van der Waals surface area contributed by atoms with Gasteiger partial charge in [0, 0.05) is 6.04 Å². The average Bonchev–Trinajstić information content (AvgIpc) is 2.45. The van der Waals surface area contributed by atoms with Crippen LogP contribution in [0.3, 0.4) is 0 Å². The Morgan fingerprint density at radius 1 is 1.10 bits per heavy atom. The molecule has 0 amide bonds. The van der Waals surface area contributed by atoms with Crippen molar-refractivity contribution in [1.29, 1.82) is 0 Å². The van der Waals surface area contributed by atoms with E-state index < -0.39 is 17.5 Å². The summed E-state index contributed by atoms with van der Waals surface area (Å²) in [6.07, 6.45) is 6.95. The second-order valence-electron chi connectivity index (χ2n) is 5.65. The van der Waals surface area contributed by atoms with E-state index in [0.717, 1.165) is 25.1 Å². The Morgan fingerprint density at radius 3 is 2.25 bits per heavy atom. The lowest BCUT2D eigenvalue weighted by molar-refractivity contribution is 0.300. The van der Waals surface area contributed by atoms with Gasteiger partial charge in [-0.25, -0.2) is 13.2 Å². The van der Waals surface area contributed by atoms with Gasteiger partial charge in [-0.2, -0.15) is 0 Å². The van der Waals surface area contributed by atoms with Crippen molar-refractivity contribution in [2.45, 2.75) is 51.5 Å². The molecule has 4 heteroatoms. The Hall–Kier alpha value is -1.03. The Balaban J connectivity index is 2.14. The van der Waals surface area contributed by atoms with Crippen LogP contribution in [0.5, 0.6) is 0 Å². The number of hydrogen-bond acceptors (Lipinski definition) is 1. The molecule has 0 saturated heterocycles. The second kappa shape index (κ2) is 7.11. The zero-order valence-electron chi connectivity index (χ0n) is 11.9. The lowest BCUT2D eigenvalue weighted by atomic mass is 9.83. The first-order valence-corrected chi connectivity index (χ1v) is 7.49. The maximum atomic E-state index is 13.4. The molecule has 1 aliphatic rings. The second-order valence-corrected chi connectivity index (χ2v) is 5.65. The topological polar surface area (TPSA) is 12.0 Å².